The molecule has 0 aliphatic heterocycles. The maximum Gasteiger partial charge on any atom is 0.230 e. The number of anilines is 1. The van der Waals surface area contributed by atoms with Crippen LogP contribution in [-0.2, 0) is 0 Å². The van der Waals surface area contributed by atoms with Gasteiger partial charge in [-0.15, -0.1) is 0 Å². The van der Waals surface area contributed by atoms with Crippen LogP contribution in [0.15, 0.2) is 47.0 Å². The summed E-state index contributed by atoms with van der Waals surface area (Å²) in [5.74, 6) is -0.126. The minimum absolute atomic E-state index is 0.186. The standard InChI is InChI=1S/C15H9ClFIN2O/c16-11-7-9(3-6-12(11)18)14-13(15(19)21-20-14)8-1-4-10(17)5-2-8/h1-7H,19H2. The first-order chi connectivity index (χ1) is 10.1. The number of aromatic nitrogens is 1. The van der Waals surface area contributed by atoms with Gasteiger partial charge in [-0.3, -0.25) is 0 Å². The quantitative estimate of drug-likeness (QED) is 0.601. The molecular formula is C15H9ClFIN2O. The molecule has 0 aliphatic rings. The second-order valence-electron chi connectivity index (χ2n) is 4.41. The second-order valence-corrected chi connectivity index (χ2v) is 5.98. The van der Waals surface area contributed by atoms with Crippen LogP contribution >= 0.6 is 34.2 Å². The number of rotatable bonds is 2. The molecule has 0 saturated heterocycles. The van der Waals surface area contributed by atoms with E-state index < -0.39 is 0 Å². The van der Waals surface area contributed by atoms with Crippen molar-refractivity contribution in [2.75, 3.05) is 5.73 Å². The molecule has 6 heteroatoms. The first kappa shape index (κ1) is 14.3. The fourth-order valence-corrected chi connectivity index (χ4v) is 2.55. The van der Waals surface area contributed by atoms with Crippen LogP contribution in [0.25, 0.3) is 22.4 Å². The minimum Gasteiger partial charge on any atom is -0.367 e. The zero-order chi connectivity index (χ0) is 15.0. The SMILES string of the molecule is Nc1onc(-c2ccc(I)c(Cl)c2)c1-c1ccc(F)cc1. The van der Waals surface area contributed by atoms with Gasteiger partial charge in [0.1, 0.15) is 11.5 Å². The van der Waals surface area contributed by atoms with Crippen LogP contribution in [0.5, 0.6) is 0 Å². The number of nitrogen functional groups attached to an aromatic ring is 1. The monoisotopic (exact) mass is 414 g/mol. The van der Waals surface area contributed by atoms with Crippen LogP contribution < -0.4 is 5.73 Å². The zero-order valence-electron chi connectivity index (χ0n) is 10.6. The summed E-state index contributed by atoms with van der Waals surface area (Å²) in [4.78, 5) is 0. The molecule has 3 nitrogen and oxygen atoms in total. The Bertz CT molecular complexity index is 802. The largest absolute Gasteiger partial charge is 0.367 e. The van der Waals surface area contributed by atoms with Gasteiger partial charge in [-0.05, 0) is 52.4 Å². The molecule has 3 aromatic rings. The number of hydrogen-bond acceptors (Lipinski definition) is 3. The van der Waals surface area contributed by atoms with Gasteiger partial charge in [0.2, 0.25) is 5.88 Å². The zero-order valence-corrected chi connectivity index (χ0v) is 13.5. The number of nitrogens with zero attached hydrogens (tertiary/aromatic N) is 1. The van der Waals surface area contributed by atoms with E-state index in [-0.39, 0.29) is 11.7 Å². The van der Waals surface area contributed by atoms with Gasteiger partial charge in [-0.1, -0.05) is 35.0 Å². The molecular weight excluding hydrogens is 406 g/mol. The molecule has 1 aromatic heterocycles. The average Bonchev–Trinajstić information content (AvgIpc) is 2.85. The van der Waals surface area contributed by atoms with Crippen molar-refractivity contribution in [3.05, 3.63) is 56.9 Å². The Hall–Kier alpha value is -1.60. The highest BCUT2D eigenvalue weighted by atomic mass is 127. The normalized spacial score (nSPS) is 10.8. The van der Waals surface area contributed by atoms with Crippen molar-refractivity contribution in [1.29, 1.82) is 0 Å². The van der Waals surface area contributed by atoms with Crippen LogP contribution in [0.1, 0.15) is 0 Å². The lowest BCUT2D eigenvalue weighted by molar-refractivity contribution is 0.439. The Morgan fingerprint density at radius 3 is 2.43 bits per heavy atom. The van der Waals surface area contributed by atoms with Gasteiger partial charge in [-0.25, -0.2) is 4.39 Å². The second kappa shape index (κ2) is 5.65. The third kappa shape index (κ3) is 2.75. The first-order valence-electron chi connectivity index (χ1n) is 6.03. The van der Waals surface area contributed by atoms with Crippen LogP contribution in [0, 0.1) is 9.39 Å². The third-order valence-electron chi connectivity index (χ3n) is 3.04. The van der Waals surface area contributed by atoms with Crippen molar-refractivity contribution in [3.8, 4) is 22.4 Å². The maximum atomic E-state index is 13.1. The van der Waals surface area contributed by atoms with E-state index >= 15 is 0 Å². The molecule has 0 bridgehead atoms. The predicted octanol–water partition coefficient (Wildman–Crippen LogP) is 4.99. The maximum absolute atomic E-state index is 13.1. The fourth-order valence-electron chi connectivity index (χ4n) is 2.04. The van der Waals surface area contributed by atoms with Gasteiger partial charge in [-0.2, -0.15) is 0 Å². The molecule has 0 atom stereocenters. The predicted molar refractivity (Wildman–Crippen MR) is 89.5 cm³/mol. The number of nitrogens with two attached hydrogens (primary N) is 1. The molecule has 0 saturated carbocycles. The van der Waals surface area contributed by atoms with Crippen LogP contribution in [0.2, 0.25) is 5.02 Å². The molecule has 0 fully saturated rings. The van der Waals surface area contributed by atoms with E-state index in [0.717, 1.165) is 14.7 Å². The Morgan fingerprint density at radius 2 is 1.76 bits per heavy atom. The number of benzene rings is 2. The molecule has 21 heavy (non-hydrogen) atoms. The lowest BCUT2D eigenvalue weighted by Gasteiger charge is -2.04. The molecule has 106 valence electrons. The van der Waals surface area contributed by atoms with E-state index in [2.05, 4.69) is 27.7 Å². The molecule has 1 heterocycles. The van der Waals surface area contributed by atoms with E-state index in [1.807, 2.05) is 12.1 Å². The summed E-state index contributed by atoms with van der Waals surface area (Å²) in [5, 5.41) is 4.63. The average molecular weight is 415 g/mol. The van der Waals surface area contributed by atoms with E-state index in [0.29, 0.717) is 16.3 Å². The summed E-state index contributed by atoms with van der Waals surface area (Å²) >= 11 is 8.29. The first-order valence-corrected chi connectivity index (χ1v) is 7.48. The van der Waals surface area contributed by atoms with E-state index in [9.17, 15) is 4.39 Å². The topological polar surface area (TPSA) is 52.0 Å². The summed E-state index contributed by atoms with van der Waals surface area (Å²) in [6.07, 6.45) is 0. The molecule has 0 radical (unpaired) electrons. The number of halogens is 3. The fraction of sp³-hybridized carbons (Fsp3) is 0. The Kier molecular flexibility index (Phi) is 3.86. The van der Waals surface area contributed by atoms with Gasteiger partial charge >= 0.3 is 0 Å². The molecule has 0 spiro atoms. The Balaban J connectivity index is 2.16. The lowest BCUT2D eigenvalue weighted by atomic mass is 10.0. The van der Waals surface area contributed by atoms with Gasteiger partial charge < -0.3 is 10.3 Å². The van der Waals surface area contributed by atoms with E-state index in [4.69, 9.17) is 21.9 Å². The summed E-state index contributed by atoms with van der Waals surface area (Å²) in [5.41, 5.74) is 8.60. The summed E-state index contributed by atoms with van der Waals surface area (Å²) in [6.45, 7) is 0. The highest BCUT2D eigenvalue weighted by Gasteiger charge is 2.18. The van der Waals surface area contributed by atoms with Crippen LogP contribution in [0.3, 0.4) is 0 Å². The smallest absolute Gasteiger partial charge is 0.230 e. The van der Waals surface area contributed by atoms with Gasteiger partial charge in [0, 0.05) is 9.13 Å². The van der Waals surface area contributed by atoms with E-state index in [1.165, 1.54) is 12.1 Å². The van der Waals surface area contributed by atoms with Gasteiger partial charge in [0.25, 0.3) is 0 Å². The highest BCUT2D eigenvalue weighted by molar-refractivity contribution is 14.1. The molecule has 2 N–H and O–H groups in total. The molecule has 0 aliphatic carbocycles. The molecule has 2 aromatic carbocycles. The van der Waals surface area contributed by atoms with Crippen molar-refractivity contribution < 1.29 is 8.91 Å². The highest BCUT2D eigenvalue weighted by Crippen LogP contribution is 2.37. The Labute approximate surface area is 139 Å². The summed E-state index contributed by atoms with van der Waals surface area (Å²) in [6, 6.07) is 11.6. The summed E-state index contributed by atoms with van der Waals surface area (Å²) < 4.78 is 19.1. The minimum atomic E-state index is -0.312. The third-order valence-corrected chi connectivity index (χ3v) is 4.62. The van der Waals surface area contributed by atoms with Crippen molar-refractivity contribution in [1.82, 2.24) is 5.16 Å². The van der Waals surface area contributed by atoms with Crippen molar-refractivity contribution in [2.24, 2.45) is 0 Å². The van der Waals surface area contributed by atoms with Gasteiger partial charge in [0.15, 0.2) is 0 Å². The van der Waals surface area contributed by atoms with E-state index in [1.54, 1.807) is 18.2 Å². The summed E-state index contributed by atoms with van der Waals surface area (Å²) in [7, 11) is 0. The van der Waals surface area contributed by atoms with Crippen molar-refractivity contribution in [3.63, 3.8) is 0 Å². The van der Waals surface area contributed by atoms with Crippen LogP contribution in [-0.4, -0.2) is 5.16 Å². The lowest BCUT2D eigenvalue weighted by Crippen LogP contribution is -1.88. The van der Waals surface area contributed by atoms with Gasteiger partial charge in [0.05, 0.1) is 10.6 Å². The number of hydrogen-bond donors (Lipinski definition) is 1. The molecule has 0 unspecified atom stereocenters. The van der Waals surface area contributed by atoms with Crippen molar-refractivity contribution >= 4 is 40.1 Å². The van der Waals surface area contributed by atoms with Crippen molar-refractivity contribution in [2.45, 2.75) is 0 Å². The molecule has 0 amide bonds. The molecule has 3 rings (SSSR count). The Morgan fingerprint density at radius 1 is 1.10 bits per heavy atom. The van der Waals surface area contributed by atoms with Crippen LogP contribution in [0.4, 0.5) is 10.3 Å².